The highest BCUT2D eigenvalue weighted by molar-refractivity contribution is 5.97. The van der Waals surface area contributed by atoms with Crippen LogP contribution in [0.4, 0.5) is 5.69 Å². The first kappa shape index (κ1) is 17.8. The van der Waals surface area contributed by atoms with Gasteiger partial charge in [0.1, 0.15) is 11.6 Å². The molecule has 22 heavy (non-hydrogen) atoms. The van der Waals surface area contributed by atoms with E-state index in [4.69, 9.17) is 10.00 Å². The van der Waals surface area contributed by atoms with Crippen LogP contribution in [-0.2, 0) is 9.53 Å². The molecule has 0 aromatic heterocycles. The fourth-order valence-corrected chi connectivity index (χ4v) is 1.99. The number of hydrogen-bond donors (Lipinski definition) is 0. The molecule has 0 aliphatic carbocycles. The van der Waals surface area contributed by atoms with Crippen LogP contribution in [0.15, 0.2) is 29.8 Å². The highest BCUT2D eigenvalue weighted by Crippen LogP contribution is 2.17. The van der Waals surface area contributed by atoms with Crippen molar-refractivity contribution in [2.24, 2.45) is 5.92 Å². The van der Waals surface area contributed by atoms with Gasteiger partial charge in [0.15, 0.2) is 0 Å². The second-order valence-electron chi connectivity index (χ2n) is 5.43. The van der Waals surface area contributed by atoms with E-state index in [-0.39, 0.29) is 11.5 Å². The summed E-state index contributed by atoms with van der Waals surface area (Å²) in [7, 11) is 0. The first-order valence-electron chi connectivity index (χ1n) is 7.65. The Morgan fingerprint density at radius 2 is 1.86 bits per heavy atom. The topological polar surface area (TPSA) is 53.3 Å². The largest absolute Gasteiger partial charge is 0.461 e. The minimum Gasteiger partial charge on any atom is -0.461 e. The fourth-order valence-electron chi connectivity index (χ4n) is 1.99. The zero-order chi connectivity index (χ0) is 16.5. The van der Waals surface area contributed by atoms with Crippen molar-refractivity contribution in [3.63, 3.8) is 0 Å². The van der Waals surface area contributed by atoms with Crippen molar-refractivity contribution >= 4 is 17.7 Å². The van der Waals surface area contributed by atoms with Gasteiger partial charge >= 0.3 is 5.97 Å². The molecule has 0 bridgehead atoms. The van der Waals surface area contributed by atoms with E-state index in [2.05, 4.69) is 18.7 Å². The quantitative estimate of drug-likeness (QED) is 0.438. The van der Waals surface area contributed by atoms with E-state index in [0.29, 0.717) is 6.61 Å². The van der Waals surface area contributed by atoms with Gasteiger partial charge in [0.05, 0.1) is 6.61 Å². The number of rotatable bonds is 7. The van der Waals surface area contributed by atoms with E-state index in [0.717, 1.165) is 24.3 Å². The summed E-state index contributed by atoms with van der Waals surface area (Å²) in [5, 5.41) is 9.11. The molecule has 1 rings (SSSR count). The SMILES string of the molecule is CCN(CC)c1ccc(/C=C(\C#N)C(=O)OCC(C)C)cc1. The Morgan fingerprint density at radius 1 is 1.27 bits per heavy atom. The summed E-state index contributed by atoms with van der Waals surface area (Å²) >= 11 is 0. The summed E-state index contributed by atoms with van der Waals surface area (Å²) < 4.78 is 5.09. The lowest BCUT2D eigenvalue weighted by Crippen LogP contribution is -2.21. The number of nitrogens with zero attached hydrogens (tertiary/aromatic N) is 2. The van der Waals surface area contributed by atoms with Gasteiger partial charge in [-0.25, -0.2) is 4.79 Å². The van der Waals surface area contributed by atoms with Crippen LogP contribution < -0.4 is 4.90 Å². The Hall–Kier alpha value is -2.28. The van der Waals surface area contributed by atoms with Gasteiger partial charge in [-0.15, -0.1) is 0 Å². The van der Waals surface area contributed by atoms with E-state index in [9.17, 15) is 4.79 Å². The van der Waals surface area contributed by atoms with Gasteiger partial charge in [-0.05, 0) is 43.5 Å². The molecule has 0 unspecified atom stereocenters. The molecule has 0 heterocycles. The standard InChI is InChI=1S/C18H24N2O2/c1-5-20(6-2)17-9-7-15(8-10-17)11-16(12-19)18(21)22-13-14(3)4/h7-11,14H,5-6,13H2,1-4H3/b16-11+. The molecular weight excluding hydrogens is 276 g/mol. The van der Waals surface area contributed by atoms with Crippen molar-refractivity contribution in [3.8, 4) is 6.07 Å². The number of ether oxygens (including phenoxy) is 1. The van der Waals surface area contributed by atoms with Crippen molar-refractivity contribution < 1.29 is 9.53 Å². The smallest absolute Gasteiger partial charge is 0.348 e. The molecule has 1 aromatic carbocycles. The summed E-state index contributed by atoms with van der Waals surface area (Å²) in [6, 6.07) is 9.70. The van der Waals surface area contributed by atoms with Crippen LogP contribution in [0.2, 0.25) is 0 Å². The van der Waals surface area contributed by atoms with Crippen LogP contribution in [0.3, 0.4) is 0 Å². The molecule has 0 spiro atoms. The highest BCUT2D eigenvalue weighted by Gasteiger charge is 2.11. The zero-order valence-electron chi connectivity index (χ0n) is 13.8. The number of carbonyl (C=O) groups excluding carboxylic acids is 1. The second-order valence-corrected chi connectivity index (χ2v) is 5.43. The molecule has 0 atom stereocenters. The Kier molecular flexibility index (Phi) is 7.18. The van der Waals surface area contributed by atoms with Crippen molar-refractivity contribution in [1.29, 1.82) is 5.26 Å². The van der Waals surface area contributed by atoms with E-state index in [1.165, 1.54) is 0 Å². The maximum Gasteiger partial charge on any atom is 0.348 e. The fraction of sp³-hybridized carbons (Fsp3) is 0.444. The lowest BCUT2D eigenvalue weighted by atomic mass is 10.1. The number of hydrogen-bond acceptors (Lipinski definition) is 4. The second kappa shape index (κ2) is 8.89. The average Bonchev–Trinajstić information content (AvgIpc) is 2.52. The lowest BCUT2D eigenvalue weighted by molar-refractivity contribution is -0.139. The molecule has 0 saturated heterocycles. The maximum atomic E-state index is 11.8. The molecule has 0 fully saturated rings. The van der Waals surface area contributed by atoms with Crippen molar-refractivity contribution in [2.75, 3.05) is 24.6 Å². The normalized spacial score (nSPS) is 11.2. The van der Waals surface area contributed by atoms with Crippen molar-refractivity contribution in [1.82, 2.24) is 0 Å². The summed E-state index contributed by atoms with van der Waals surface area (Å²) in [6.45, 7) is 10.3. The third kappa shape index (κ3) is 5.25. The molecule has 118 valence electrons. The Balaban J connectivity index is 2.85. The van der Waals surface area contributed by atoms with Gasteiger partial charge in [0.2, 0.25) is 0 Å². The monoisotopic (exact) mass is 300 g/mol. The molecule has 0 radical (unpaired) electrons. The minimum atomic E-state index is -0.566. The lowest BCUT2D eigenvalue weighted by Gasteiger charge is -2.20. The number of benzene rings is 1. The Bertz CT molecular complexity index is 549. The number of carbonyl (C=O) groups is 1. The molecule has 0 aliphatic heterocycles. The first-order chi connectivity index (χ1) is 10.5. The molecular formula is C18H24N2O2. The Labute approximate surface area is 133 Å². The zero-order valence-corrected chi connectivity index (χ0v) is 13.8. The summed E-state index contributed by atoms with van der Waals surface area (Å²) in [5.41, 5.74) is 1.97. The van der Waals surface area contributed by atoms with Gasteiger partial charge in [-0.2, -0.15) is 5.26 Å². The molecule has 0 aliphatic rings. The molecule has 0 amide bonds. The van der Waals surface area contributed by atoms with Gasteiger partial charge < -0.3 is 9.64 Å². The number of esters is 1. The van der Waals surface area contributed by atoms with Crippen LogP contribution in [0.25, 0.3) is 6.08 Å². The van der Waals surface area contributed by atoms with E-state index < -0.39 is 5.97 Å². The van der Waals surface area contributed by atoms with Crippen LogP contribution >= 0.6 is 0 Å². The minimum absolute atomic E-state index is 0.0243. The van der Waals surface area contributed by atoms with Crippen LogP contribution in [0.5, 0.6) is 0 Å². The van der Waals surface area contributed by atoms with Crippen molar-refractivity contribution in [3.05, 3.63) is 35.4 Å². The van der Waals surface area contributed by atoms with Crippen LogP contribution in [-0.4, -0.2) is 25.7 Å². The third-order valence-corrected chi connectivity index (χ3v) is 3.22. The average molecular weight is 300 g/mol. The summed E-state index contributed by atoms with van der Waals surface area (Å²) in [4.78, 5) is 14.1. The van der Waals surface area contributed by atoms with Gasteiger partial charge in [-0.1, -0.05) is 26.0 Å². The number of anilines is 1. The third-order valence-electron chi connectivity index (χ3n) is 3.22. The molecule has 4 heteroatoms. The van der Waals surface area contributed by atoms with E-state index in [1.807, 2.05) is 44.2 Å². The van der Waals surface area contributed by atoms with Gasteiger partial charge in [0, 0.05) is 18.8 Å². The molecule has 0 saturated carbocycles. The highest BCUT2D eigenvalue weighted by atomic mass is 16.5. The van der Waals surface area contributed by atoms with Crippen LogP contribution in [0, 0.1) is 17.2 Å². The predicted molar refractivity (Wildman–Crippen MR) is 89.4 cm³/mol. The van der Waals surface area contributed by atoms with Crippen molar-refractivity contribution in [2.45, 2.75) is 27.7 Å². The molecule has 4 nitrogen and oxygen atoms in total. The van der Waals surface area contributed by atoms with Gasteiger partial charge in [0.25, 0.3) is 0 Å². The predicted octanol–water partition coefficient (Wildman–Crippen LogP) is 3.64. The molecule has 0 N–H and O–H groups in total. The first-order valence-corrected chi connectivity index (χ1v) is 7.65. The molecule has 1 aromatic rings. The van der Waals surface area contributed by atoms with Gasteiger partial charge in [-0.3, -0.25) is 0 Å². The number of nitriles is 1. The Morgan fingerprint density at radius 3 is 2.32 bits per heavy atom. The van der Waals surface area contributed by atoms with E-state index >= 15 is 0 Å². The maximum absolute atomic E-state index is 11.8. The van der Waals surface area contributed by atoms with E-state index in [1.54, 1.807) is 6.08 Å². The summed E-state index contributed by atoms with van der Waals surface area (Å²) in [6.07, 6.45) is 1.56. The van der Waals surface area contributed by atoms with Crippen LogP contribution in [0.1, 0.15) is 33.3 Å². The summed E-state index contributed by atoms with van der Waals surface area (Å²) in [5.74, 6) is -0.318.